The van der Waals surface area contributed by atoms with E-state index in [1.54, 1.807) is 0 Å². The number of hydrogen-bond donors (Lipinski definition) is 2. The number of amides is 1. The predicted octanol–water partition coefficient (Wildman–Crippen LogP) is 2.00. The molecule has 0 aliphatic rings. The summed E-state index contributed by atoms with van der Waals surface area (Å²) in [5, 5.41) is 6.04. The molecule has 0 aliphatic carbocycles. The molecule has 2 N–H and O–H groups in total. The van der Waals surface area contributed by atoms with E-state index in [9.17, 15) is 4.79 Å². The quantitative estimate of drug-likeness (QED) is 0.846. The molecular weight excluding hydrogens is 236 g/mol. The normalized spacial score (nSPS) is 11.5. The van der Waals surface area contributed by atoms with E-state index in [1.807, 2.05) is 38.2 Å². The van der Waals surface area contributed by atoms with Gasteiger partial charge < -0.3 is 10.6 Å². The van der Waals surface area contributed by atoms with Crippen LogP contribution in [0.4, 0.5) is 0 Å². The van der Waals surface area contributed by atoms with E-state index in [4.69, 9.17) is 0 Å². The molecule has 0 aromatic heterocycles. The van der Waals surface area contributed by atoms with Crippen molar-refractivity contribution in [2.45, 2.75) is 13.8 Å². The molecule has 0 radical (unpaired) electrons. The number of aryl methyl sites for hydroxylation is 1. The Bertz CT molecular complexity index is 355. The highest BCUT2D eigenvalue weighted by molar-refractivity contribution is 5.95. The van der Waals surface area contributed by atoms with Crippen LogP contribution < -0.4 is 10.6 Å². The molecule has 1 rings (SSSR count). The number of carbonyl (C=O) groups excluding carboxylic acids is 1. The van der Waals surface area contributed by atoms with E-state index in [1.165, 1.54) is 0 Å². The summed E-state index contributed by atoms with van der Waals surface area (Å²) in [4.78, 5) is 11.8. The van der Waals surface area contributed by atoms with Crippen LogP contribution in [0.25, 0.3) is 0 Å². The van der Waals surface area contributed by atoms with Gasteiger partial charge in [-0.2, -0.15) is 0 Å². The van der Waals surface area contributed by atoms with E-state index in [-0.39, 0.29) is 18.3 Å². The Hall–Kier alpha value is -1.06. The average molecular weight is 257 g/mol. The molecule has 96 valence electrons. The highest BCUT2D eigenvalue weighted by Crippen LogP contribution is 2.06. The maximum Gasteiger partial charge on any atom is 0.251 e. The third kappa shape index (κ3) is 5.20. The van der Waals surface area contributed by atoms with Crippen LogP contribution in [0.15, 0.2) is 24.3 Å². The van der Waals surface area contributed by atoms with Crippen molar-refractivity contribution in [3.8, 4) is 0 Å². The minimum absolute atomic E-state index is 0. The van der Waals surface area contributed by atoms with E-state index >= 15 is 0 Å². The Balaban J connectivity index is 0.00000256. The number of nitrogens with one attached hydrogen (secondary N) is 2. The third-order valence-corrected chi connectivity index (χ3v) is 2.55. The van der Waals surface area contributed by atoms with Crippen molar-refractivity contribution in [2.24, 2.45) is 5.92 Å². The molecule has 0 saturated heterocycles. The van der Waals surface area contributed by atoms with E-state index in [0.717, 1.165) is 17.7 Å². The van der Waals surface area contributed by atoms with Crippen LogP contribution in [0, 0.1) is 12.8 Å². The highest BCUT2D eigenvalue weighted by Gasteiger charge is 2.08. The number of carbonyl (C=O) groups is 1. The van der Waals surface area contributed by atoms with Crippen molar-refractivity contribution in [1.29, 1.82) is 0 Å². The van der Waals surface area contributed by atoms with Gasteiger partial charge in [-0.05, 0) is 38.1 Å². The number of halogens is 1. The molecule has 3 nitrogen and oxygen atoms in total. The number of hydrogen-bond acceptors (Lipinski definition) is 2. The molecule has 1 aromatic rings. The van der Waals surface area contributed by atoms with Crippen molar-refractivity contribution in [1.82, 2.24) is 10.6 Å². The molecule has 1 aromatic carbocycles. The summed E-state index contributed by atoms with van der Waals surface area (Å²) in [6.45, 7) is 5.67. The SMILES string of the molecule is CNCC(C)CNC(=O)c1ccccc1C.Cl. The largest absolute Gasteiger partial charge is 0.352 e. The van der Waals surface area contributed by atoms with Gasteiger partial charge in [0.1, 0.15) is 0 Å². The monoisotopic (exact) mass is 256 g/mol. The highest BCUT2D eigenvalue weighted by atomic mass is 35.5. The van der Waals surface area contributed by atoms with Crippen molar-refractivity contribution in [3.05, 3.63) is 35.4 Å². The first kappa shape index (κ1) is 15.9. The molecule has 0 heterocycles. The molecule has 17 heavy (non-hydrogen) atoms. The lowest BCUT2D eigenvalue weighted by Gasteiger charge is -2.12. The van der Waals surface area contributed by atoms with Crippen LogP contribution >= 0.6 is 12.4 Å². The molecule has 1 unspecified atom stereocenters. The van der Waals surface area contributed by atoms with Crippen molar-refractivity contribution < 1.29 is 4.79 Å². The Morgan fingerprint density at radius 2 is 1.94 bits per heavy atom. The fraction of sp³-hybridized carbons (Fsp3) is 0.462. The van der Waals surface area contributed by atoms with Crippen molar-refractivity contribution in [2.75, 3.05) is 20.1 Å². The predicted molar refractivity (Wildman–Crippen MR) is 73.9 cm³/mol. The topological polar surface area (TPSA) is 41.1 Å². The molecule has 4 heteroatoms. The van der Waals surface area contributed by atoms with Crippen molar-refractivity contribution >= 4 is 18.3 Å². The lowest BCUT2D eigenvalue weighted by molar-refractivity contribution is 0.0947. The zero-order valence-corrected chi connectivity index (χ0v) is 11.4. The average Bonchev–Trinajstić information content (AvgIpc) is 2.27. The summed E-state index contributed by atoms with van der Waals surface area (Å²) in [7, 11) is 1.92. The lowest BCUT2D eigenvalue weighted by atomic mass is 10.1. The van der Waals surface area contributed by atoms with Crippen LogP contribution in [0.2, 0.25) is 0 Å². The van der Waals surface area contributed by atoms with Gasteiger partial charge in [-0.3, -0.25) is 4.79 Å². The maximum absolute atomic E-state index is 11.8. The Morgan fingerprint density at radius 3 is 2.53 bits per heavy atom. The zero-order chi connectivity index (χ0) is 12.0. The smallest absolute Gasteiger partial charge is 0.251 e. The molecule has 0 spiro atoms. The summed E-state index contributed by atoms with van der Waals surface area (Å²) < 4.78 is 0. The minimum Gasteiger partial charge on any atom is -0.352 e. The Morgan fingerprint density at radius 1 is 1.29 bits per heavy atom. The molecule has 0 fully saturated rings. The van der Waals surface area contributed by atoms with Gasteiger partial charge >= 0.3 is 0 Å². The van der Waals surface area contributed by atoms with E-state index in [2.05, 4.69) is 17.6 Å². The first-order valence-corrected chi connectivity index (χ1v) is 5.63. The summed E-state index contributed by atoms with van der Waals surface area (Å²) in [5.74, 6) is 0.457. The summed E-state index contributed by atoms with van der Waals surface area (Å²) >= 11 is 0. The third-order valence-electron chi connectivity index (χ3n) is 2.55. The lowest BCUT2D eigenvalue weighted by Crippen LogP contribution is -2.32. The van der Waals surface area contributed by atoms with Crippen LogP contribution in [0.3, 0.4) is 0 Å². The molecule has 0 saturated carbocycles. The van der Waals surface area contributed by atoms with E-state index < -0.39 is 0 Å². The number of rotatable bonds is 5. The molecule has 0 bridgehead atoms. The summed E-state index contributed by atoms with van der Waals surface area (Å²) in [6, 6.07) is 7.63. The fourth-order valence-corrected chi connectivity index (χ4v) is 1.61. The minimum atomic E-state index is 0. The fourth-order valence-electron chi connectivity index (χ4n) is 1.61. The Labute approximate surface area is 109 Å². The van der Waals surface area contributed by atoms with Crippen LogP contribution in [-0.4, -0.2) is 26.0 Å². The van der Waals surface area contributed by atoms with Crippen LogP contribution in [0.5, 0.6) is 0 Å². The first-order chi connectivity index (χ1) is 7.65. The van der Waals surface area contributed by atoms with Crippen LogP contribution in [0.1, 0.15) is 22.8 Å². The molecule has 1 atom stereocenters. The van der Waals surface area contributed by atoms with Gasteiger partial charge in [0.15, 0.2) is 0 Å². The number of benzene rings is 1. The first-order valence-electron chi connectivity index (χ1n) is 5.63. The Kier molecular flexibility index (Phi) is 7.59. The summed E-state index contributed by atoms with van der Waals surface area (Å²) in [5.41, 5.74) is 1.78. The molecule has 1 amide bonds. The second-order valence-electron chi connectivity index (χ2n) is 4.19. The van der Waals surface area contributed by atoms with Crippen LogP contribution in [-0.2, 0) is 0 Å². The van der Waals surface area contributed by atoms with Gasteiger partial charge in [0.2, 0.25) is 0 Å². The van der Waals surface area contributed by atoms with Gasteiger partial charge in [-0.15, -0.1) is 12.4 Å². The van der Waals surface area contributed by atoms with Crippen molar-refractivity contribution in [3.63, 3.8) is 0 Å². The van der Waals surface area contributed by atoms with Gasteiger partial charge in [-0.25, -0.2) is 0 Å². The summed E-state index contributed by atoms with van der Waals surface area (Å²) in [6.07, 6.45) is 0. The second-order valence-corrected chi connectivity index (χ2v) is 4.19. The zero-order valence-electron chi connectivity index (χ0n) is 10.6. The van der Waals surface area contributed by atoms with Gasteiger partial charge in [0.05, 0.1) is 0 Å². The van der Waals surface area contributed by atoms with Gasteiger partial charge in [-0.1, -0.05) is 25.1 Å². The second kappa shape index (κ2) is 8.09. The van der Waals surface area contributed by atoms with E-state index in [0.29, 0.717) is 12.5 Å². The maximum atomic E-state index is 11.8. The molecular formula is C13H21ClN2O. The molecule has 0 aliphatic heterocycles. The van der Waals surface area contributed by atoms with Gasteiger partial charge in [0.25, 0.3) is 5.91 Å². The van der Waals surface area contributed by atoms with Gasteiger partial charge in [0, 0.05) is 12.1 Å². The standard InChI is InChI=1S/C13H20N2O.ClH/c1-10(8-14-3)9-15-13(16)12-7-5-4-6-11(12)2;/h4-7,10,14H,8-9H2,1-3H3,(H,15,16);1H.